The molecule has 0 atom stereocenters. The molecule has 0 radical (unpaired) electrons. The van der Waals surface area contributed by atoms with Crippen LogP contribution in [0.5, 0.6) is 5.75 Å². The Hall–Kier alpha value is -3.93. The highest BCUT2D eigenvalue weighted by Crippen LogP contribution is 2.31. The summed E-state index contributed by atoms with van der Waals surface area (Å²) >= 11 is 1.36. The lowest BCUT2D eigenvalue weighted by Crippen LogP contribution is -2.36. The first-order valence-electron chi connectivity index (χ1n) is 10.1. The zero-order valence-electron chi connectivity index (χ0n) is 17.4. The summed E-state index contributed by atoms with van der Waals surface area (Å²) in [6, 6.07) is 6.53. The lowest BCUT2D eigenvalue weighted by atomic mass is 10.0. The van der Waals surface area contributed by atoms with Gasteiger partial charge in [0.1, 0.15) is 17.1 Å². The van der Waals surface area contributed by atoms with Crippen molar-refractivity contribution >= 4 is 34.5 Å². The molecule has 0 unspecified atom stereocenters. The van der Waals surface area contributed by atoms with Gasteiger partial charge in [0.05, 0.1) is 36.4 Å². The Morgan fingerprint density at radius 2 is 2.03 bits per heavy atom. The standard InChI is InChI=1S/C22H16F3N5O3S/c23-22(24,25)33-14-7-13(8-26-9-14)28-20(31)16-12-34-18-11-29(6-4-15(16)18)21(32)17-10-27-19-3-1-2-5-30(17)19/h1-3,5,7-10,12H,4,6,11H2,(H,28,31). The number of hydrogen-bond donors (Lipinski definition) is 1. The third kappa shape index (κ3) is 4.31. The number of alkyl halides is 3. The minimum absolute atomic E-state index is 0.0759. The van der Waals surface area contributed by atoms with Crippen molar-refractivity contribution in [3.63, 3.8) is 0 Å². The first kappa shape index (κ1) is 21.9. The van der Waals surface area contributed by atoms with E-state index in [1.165, 1.54) is 17.5 Å². The van der Waals surface area contributed by atoms with Crippen LogP contribution in [0.3, 0.4) is 0 Å². The number of carbonyl (C=O) groups is 2. The van der Waals surface area contributed by atoms with Crippen LogP contribution in [0.4, 0.5) is 18.9 Å². The summed E-state index contributed by atoms with van der Waals surface area (Å²) in [5, 5.41) is 4.25. The number of anilines is 1. The highest BCUT2D eigenvalue weighted by atomic mass is 32.1. The van der Waals surface area contributed by atoms with Crippen LogP contribution in [-0.2, 0) is 13.0 Å². The largest absolute Gasteiger partial charge is 0.573 e. The van der Waals surface area contributed by atoms with Crippen LogP contribution in [-0.4, -0.2) is 44.0 Å². The van der Waals surface area contributed by atoms with Crippen molar-refractivity contribution in [1.82, 2.24) is 19.3 Å². The van der Waals surface area contributed by atoms with Gasteiger partial charge in [0.25, 0.3) is 11.8 Å². The molecular formula is C22H16F3N5O3S. The van der Waals surface area contributed by atoms with Crippen molar-refractivity contribution < 1.29 is 27.5 Å². The number of fused-ring (bicyclic) bond motifs is 2. The van der Waals surface area contributed by atoms with Gasteiger partial charge in [0.2, 0.25) is 0 Å². The molecule has 1 aliphatic rings. The summed E-state index contributed by atoms with van der Waals surface area (Å²) in [5.74, 6) is -1.15. The Balaban J connectivity index is 1.30. The van der Waals surface area contributed by atoms with Gasteiger partial charge in [0.15, 0.2) is 0 Å². The molecular weight excluding hydrogens is 471 g/mol. The number of amides is 2. The molecule has 8 nitrogen and oxygen atoms in total. The average Bonchev–Trinajstić information content (AvgIpc) is 3.41. The number of imidazole rings is 1. The van der Waals surface area contributed by atoms with Crippen LogP contribution in [0.15, 0.2) is 54.4 Å². The Morgan fingerprint density at radius 1 is 1.18 bits per heavy atom. The number of ether oxygens (including phenoxy) is 1. The molecule has 4 aromatic rings. The van der Waals surface area contributed by atoms with Gasteiger partial charge in [-0.3, -0.25) is 19.0 Å². The molecule has 5 heterocycles. The van der Waals surface area contributed by atoms with Crippen LogP contribution >= 0.6 is 11.3 Å². The topological polar surface area (TPSA) is 88.8 Å². The molecule has 0 aromatic carbocycles. The van der Waals surface area contributed by atoms with Crippen LogP contribution in [0.25, 0.3) is 5.65 Å². The van der Waals surface area contributed by atoms with Gasteiger partial charge in [-0.15, -0.1) is 24.5 Å². The maximum atomic E-state index is 13.1. The number of nitrogens with zero attached hydrogens (tertiary/aromatic N) is 4. The van der Waals surface area contributed by atoms with Crippen molar-refractivity contribution in [2.24, 2.45) is 0 Å². The zero-order chi connectivity index (χ0) is 23.9. The zero-order valence-corrected chi connectivity index (χ0v) is 18.2. The second-order valence-corrected chi connectivity index (χ2v) is 8.48. The quantitative estimate of drug-likeness (QED) is 0.468. The molecule has 4 aromatic heterocycles. The number of pyridine rings is 2. The van der Waals surface area contributed by atoms with Crippen molar-refractivity contribution in [3.8, 4) is 5.75 Å². The Morgan fingerprint density at radius 3 is 2.85 bits per heavy atom. The van der Waals surface area contributed by atoms with Gasteiger partial charge in [-0.05, 0) is 24.1 Å². The predicted octanol–water partition coefficient (Wildman–Crippen LogP) is 4.14. The number of carbonyl (C=O) groups excluding carboxylic acids is 2. The predicted molar refractivity (Wildman–Crippen MR) is 117 cm³/mol. The number of aromatic nitrogens is 3. The van der Waals surface area contributed by atoms with Crippen molar-refractivity contribution in [3.05, 3.63) is 76.1 Å². The molecule has 5 rings (SSSR count). The number of rotatable bonds is 4. The van der Waals surface area contributed by atoms with E-state index < -0.39 is 18.0 Å². The van der Waals surface area contributed by atoms with Gasteiger partial charge in [-0.1, -0.05) is 6.07 Å². The highest BCUT2D eigenvalue weighted by Gasteiger charge is 2.32. The summed E-state index contributed by atoms with van der Waals surface area (Å²) < 4.78 is 42.9. The van der Waals surface area contributed by atoms with E-state index in [4.69, 9.17) is 0 Å². The molecule has 0 fully saturated rings. The van der Waals surface area contributed by atoms with E-state index >= 15 is 0 Å². The summed E-state index contributed by atoms with van der Waals surface area (Å²) in [7, 11) is 0. The van der Waals surface area contributed by atoms with Crippen LogP contribution in [0, 0.1) is 0 Å². The Bertz CT molecular complexity index is 1400. The minimum Gasteiger partial charge on any atom is -0.404 e. The molecule has 174 valence electrons. The molecule has 12 heteroatoms. The fraction of sp³-hybridized carbons (Fsp3) is 0.182. The molecule has 0 aliphatic carbocycles. The van der Waals surface area contributed by atoms with E-state index in [-0.39, 0.29) is 11.6 Å². The maximum Gasteiger partial charge on any atom is 0.573 e. The highest BCUT2D eigenvalue weighted by molar-refractivity contribution is 7.10. The minimum atomic E-state index is -4.86. The van der Waals surface area contributed by atoms with Crippen molar-refractivity contribution in [1.29, 1.82) is 0 Å². The van der Waals surface area contributed by atoms with E-state index in [9.17, 15) is 22.8 Å². The Kier molecular flexibility index (Phi) is 5.44. The van der Waals surface area contributed by atoms with Gasteiger partial charge in [0, 0.05) is 29.1 Å². The van der Waals surface area contributed by atoms with Crippen LogP contribution < -0.4 is 10.1 Å². The summed E-state index contributed by atoms with van der Waals surface area (Å²) in [6.07, 6.45) is 1.08. The fourth-order valence-electron chi connectivity index (χ4n) is 3.82. The molecule has 0 saturated carbocycles. The van der Waals surface area contributed by atoms with E-state index in [2.05, 4.69) is 20.0 Å². The van der Waals surface area contributed by atoms with E-state index in [0.29, 0.717) is 36.4 Å². The third-order valence-corrected chi connectivity index (χ3v) is 6.33. The van der Waals surface area contributed by atoms with E-state index in [0.717, 1.165) is 22.7 Å². The first-order valence-corrected chi connectivity index (χ1v) is 11.0. The fourth-order valence-corrected chi connectivity index (χ4v) is 4.91. The summed E-state index contributed by atoms with van der Waals surface area (Å²) in [6.45, 7) is 0.766. The monoisotopic (exact) mass is 487 g/mol. The van der Waals surface area contributed by atoms with Gasteiger partial charge in [-0.2, -0.15) is 0 Å². The molecule has 1 aliphatic heterocycles. The lowest BCUT2D eigenvalue weighted by Gasteiger charge is -2.27. The molecule has 34 heavy (non-hydrogen) atoms. The summed E-state index contributed by atoms with van der Waals surface area (Å²) in [5.41, 5.74) is 2.45. The molecule has 0 saturated heterocycles. The van der Waals surface area contributed by atoms with Crippen LogP contribution in [0.1, 0.15) is 31.3 Å². The van der Waals surface area contributed by atoms with Gasteiger partial charge in [-0.25, -0.2) is 4.98 Å². The third-order valence-electron chi connectivity index (χ3n) is 5.32. The van der Waals surface area contributed by atoms with Crippen molar-refractivity contribution in [2.75, 3.05) is 11.9 Å². The summed E-state index contributed by atoms with van der Waals surface area (Å²) in [4.78, 5) is 36.4. The second kappa shape index (κ2) is 8.45. The number of halogens is 3. The SMILES string of the molecule is O=C(Nc1cncc(OC(F)(F)F)c1)c1csc2c1CCN(C(=O)c1cnc3ccccn13)C2. The average molecular weight is 487 g/mol. The maximum absolute atomic E-state index is 13.1. The molecule has 0 bridgehead atoms. The second-order valence-electron chi connectivity index (χ2n) is 7.51. The molecule has 2 amide bonds. The number of hydrogen-bond acceptors (Lipinski definition) is 6. The molecule has 0 spiro atoms. The Labute approximate surface area is 194 Å². The van der Waals surface area contributed by atoms with Crippen molar-refractivity contribution in [2.45, 2.75) is 19.3 Å². The normalized spacial score (nSPS) is 13.6. The van der Waals surface area contributed by atoms with E-state index in [1.807, 2.05) is 18.2 Å². The van der Waals surface area contributed by atoms with Gasteiger partial charge < -0.3 is 15.0 Å². The van der Waals surface area contributed by atoms with Crippen LogP contribution in [0.2, 0.25) is 0 Å². The smallest absolute Gasteiger partial charge is 0.404 e. The molecule has 1 N–H and O–H groups in total. The number of nitrogens with one attached hydrogen (secondary N) is 1. The lowest BCUT2D eigenvalue weighted by molar-refractivity contribution is -0.274. The first-order chi connectivity index (χ1) is 16.3. The number of thiophene rings is 1. The van der Waals surface area contributed by atoms with Gasteiger partial charge >= 0.3 is 6.36 Å². The van der Waals surface area contributed by atoms with E-state index in [1.54, 1.807) is 27.1 Å².